The lowest BCUT2D eigenvalue weighted by Crippen LogP contribution is -2.33. The summed E-state index contributed by atoms with van der Waals surface area (Å²) >= 11 is 0. The molecular weight excluding hydrogens is 206 g/mol. The van der Waals surface area contributed by atoms with Gasteiger partial charge in [-0.3, -0.25) is 4.21 Å². The molecule has 1 unspecified atom stereocenters. The molecule has 1 aromatic carbocycles. The minimum atomic E-state index is -0.818. The number of hydrogen-bond donors (Lipinski definition) is 1. The molecule has 3 heteroatoms. The lowest BCUT2D eigenvalue weighted by Gasteiger charge is -2.21. The van der Waals surface area contributed by atoms with Gasteiger partial charge in [-0.15, -0.1) is 0 Å². The smallest absolute Gasteiger partial charge is 0.0561 e. The average Bonchev–Trinajstić information content (AvgIpc) is 2.30. The minimum absolute atomic E-state index is 0.342. The Morgan fingerprint density at radius 1 is 1.20 bits per heavy atom. The normalized spacial score (nSPS) is 20.1. The van der Waals surface area contributed by atoms with Crippen LogP contribution in [0.15, 0.2) is 29.2 Å². The van der Waals surface area contributed by atoms with Crippen molar-refractivity contribution in [3.63, 3.8) is 0 Å². The molecule has 1 N–H and O–H groups in total. The second kappa shape index (κ2) is 4.90. The summed E-state index contributed by atoms with van der Waals surface area (Å²) in [6, 6.07) is 8.06. The van der Waals surface area contributed by atoms with E-state index in [4.69, 9.17) is 0 Å². The molecule has 1 aliphatic rings. The van der Waals surface area contributed by atoms with Gasteiger partial charge in [-0.25, -0.2) is 0 Å². The molecule has 1 aliphatic heterocycles. The first-order valence-corrected chi connectivity index (χ1v) is 6.66. The fourth-order valence-corrected chi connectivity index (χ4v) is 3.33. The van der Waals surface area contributed by atoms with Crippen molar-refractivity contribution >= 4 is 10.8 Å². The Morgan fingerprint density at radius 3 is 2.40 bits per heavy atom. The van der Waals surface area contributed by atoms with Crippen LogP contribution in [-0.4, -0.2) is 22.5 Å². The summed E-state index contributed by atoms with van der Waals surface area (Å²) in [6.07, 6.45) is 2.06. The summed E-state index contributed by atoms with van der Waals surface area (Å²) in [4.78, 5) is 0.979. The topological polar surface area (TPSA) is 29.1 Å². The van der Waals surface area contributed by atoms with Gasteiger partial charge in [0.15, 0.2) is 0 Å². The molecule has 1 saturated heterocycles. The zero-order chi connectivity index (χ0) is 10.7. The second-order valence-corrected chi connectivity index (χ2v) is 5.79. The molecule has 2 rings (SSSR count). The number of nitrogens with one attached hydrogen (secondary N) is 1. The molecule has 0 aliphatic carbocycles. The van der Waals surface area contributed by atoms with Gasteiger partial charge < -0.3 is 5.32 Å². The molecule has 1 heterocycles. The number of piperidine rings is 1. The predicted octanol–water partition coefficient (Wildman–Crippen LogP) is 1.85. The highest BCUT2D eigenvalue weighted by atomic mass is 32.2. The molecule has 0 amide bonds. The van der Waals surface area contributed by atoms with Crippen molar-refractivity contribution in [1.29, 1.82) is 0 Å². The lowest BCUT2D eigenvalue weighted by molar-refractivity contribution is 0.519. The first kappa shape index (κ1) is 10.8. The van der Waals surface area contributed by atoms with Gasteiger partial charge in [-0.1, -0.05) is 17.7 Å². The standard InChI is InChI=1S/C12H17NOS/c1-10-2-4-11(5-3-10)15(14)12-6-8-13-9-7-12/h2-5,12-13H,6-9H2,1H3. The molecule has 1 fully saturated rings. The van der Waals surface area contributed by atoms with Crippen LogP contribution in [-0.2, 0) is 10.8 Å². The van der Waals surface area contributed by atoms with E-state index >= 15 is 0 Å². The third-order valence-electron chi connectivity index (χ3n) is 2.84. The zero-order valence-electron chi connectivity index (χ0n) is 9.03. The van der Waals surface area contributed by atoms with Gasteiger partial charge in [-0.05, 0) is 45.0 Å². The van der Waals surface area contributed by atoms with Crippen LogP contribution in [0.1, 0.15) is 18.4 Å². The Balaban J connectivity index is 2.09. The maximum atomic E-state index is 12.2. The highest BCUT2D eigenvalue weighted by molar-refractivity contribution is 7.85. The SMILES string of the molecule is Cc1ccc(S(=O)C2CCNCC2)cc1. The molecule has 0 saturated carbocycles. The van der Waals surface area contributed by atoms with Crippen LogP contribution in [0.4, 0.5) is 0 Å². The van der Waals surface area contributed by atoms with Gasteiger partial charge in [0.05, 0.1) is 10.8 Å². The highest BCUT2D eigenvalue weighted by Gasteiger charge is 2.20. The van der Waals surface area contributed by atoms with Crippen molar-refractivity contribution in [2.45, 2.75) is 29.9 Å². The summed E-state index contributed by atoms with van der Waals surface area (Å²) in [5, 5.41) is 3.64. The van der Waals surface area contributed by atoms with Gasteiger partial charge in [-0.2, -0.15) is 0 Å². The molecule has 0 radical (unpaired) electrons. The van der Waals surface area contributed by atoms with E-state index in [0.29, 0.717) is 5.25 Å². The summed E-state index contributed by atoms with van der Waals surface area (Å²) in [5.74, 6) is 0. The molecular formula is C12H17NOS. The molecule has 0 spiro atoms. The highest BCUT2D eigenvalue weighted by Crippen LogP contribution is 2.18. The van der Waals surface area contributed by atoms with Gasteiger partial charge in [0, 0.05) is 10.1 Å². The molecule has 1 atom stereocenters. The van der Waals surface area contributed by atoms with E-state index in [2.05, 4.69) is 12.2 Å². The summed E-state index contributed by atoms with van der Waals surface area (Å²) in [6.45, 7) is 4.06. The Morgan fingerprint density at radius 2 is 1.80 bits per heavy atom. The van der Waals surface area contributed by atoms with E-state index < -0.39 is 10.8 Å². The van der Waals surface area contributed by atoms with Crippen LogP contribution in [0.5, 0.6) is 0 Å². The molecule has 15 heavy (non-hydrogen) atoms. The van der Waals surface area contributed by atoms with Crippen molar-refractivity contribution in [3.8, 4) is 0 Å². The molecule has 1 aromatic rings. The summed E-state index contributed by atoms with van der Waals surface area (Å²) in [5.41, 5.74) is 1.22. The van der Waals surface area contributed by atoms with Crippen molar-refractivity contribution in [2.24, 2.45) is 0 Å². The Kier molecular flexibility index (Phi) is 3.54. The second-order valence-electron chi connectivity index (χ2n) is 4.06. The average molecular weight is 223 g/mol. The lowest BCUT2D eigenvalue weighted by atomic mass is 10.2. The zero-order valence-corrected chi connectivity index (χ0v) is 9.85. The first-order valence-electron chi connectivity index (χ1n) is 5.45. The Bertz CT molecular complexity index is 341. The van der Waals surface area contributed by atoms with Crippen LogP contribution in [0.3, 0.4) is 0 Å². The van der Waals surface area contributed by atoms with E-state index in [1.165, 1.54) is 5.56 Å². The van der Waals surface area contributed by atoms with Crippen LogP contribution in [0.2, 0.25) is 0 Å². The quantitative estimate of drug-likeness (QED) is 0.829. The van der Waals surface area contributed by atoms with Gasteiger partial charge in [0.1, 0.15) is 0 Å². The molecule has 0 bridgehead atoms. The van der Waals surface area contributed by atoms with E-state index in [1.54, 1.807) is 0 Å². The fraction of sp³-hybridized carbons (Fsp3) is 0.500. The number of hydrogen-bond acceptors (Lipinski definition) is 2. The van der Waals surface area contributed by atoms with Crippen molar-refractivity contribution in [1.82, 2.24) is 5.32 Å². The molecule has 82 valence electrons. The van der Waals surface area contributed by atoms with Crippen LogP contribution < -0.4 is 5.32 Å². The van der Waals surface area contributed by atoms with Gasteiger partial charge in [0.2, 0.25) is 0 Å². The predicted molar refractivity (Wildman–Crippen MR) is 63.5 cm³/mol. The molecule has 2 nitrogen and oxygen atoms in total. The minimum Gasteiger partial charge on any atom is -0.317 e. The van der Waals surface area contributed by atoms with Crippen molar-refractivity contribution in [2.75, 3.05) is 13.1 Å². The Labute approximate surface area is 93.5 Å². The van der Waals surface area contributed by atoms with E-state index in [1.807, 2.05) is 24.3 Å². The fourth-order valence-electron chi connectivity index (χ4n) is 1.87. The summed E-state index contributed by atoms with van der Waals surface area (Å²) < 4.78 is 12.2. The van der Waals surface area contributed by atoms with Crippen LogP contribution >= 0.6 is 0 Å². The number of aryl methyl sites for hydroxylation is 1. The van der Waals surface area contributed by atoms with Crippen molar-refractivity contribution < 1.29 is 4.21 Å². The third-order valence-corrected chi connectivity index (χ3v) is 4.66. The third kappa shape index (κ3) is 2.67. The number of benzene rings is 1. The largest absolute Gasteiger partial charge is 0.317 e. The Hall–Kier alpha value is -0.670. The first-order chi connectivity index (χ1) is 7.27. The number of rotatable bonds is 2. The summed E-state index contributed by atoms with van der Waals surface area (Å²) in [7, 11) is -0.818. The van der Waals surface area contributed by atoms with Crippen LogP contribution in [0.25, 0.3) is 0 Å². The monoisotopic (exact) mass is 223 g/mol. The van der Waals surface area contributed by atoms with E-state index in [9.17, 15) is 4.21 Å². The maximum absolute atomic E-state index is 12.2. The van der Waals surface area contributed by atoms with Crippen molar-refractivity contribution in [3.05, 3.63) is 29.8 Å². The maximum Gasteiger partial charge on any atom is 0.0561 e. The van der Waals surface area contributed by atoms with E-state index in [0.717, 1.165) is 30.8 Å². The van der Waals surface area contributed by atoms with E-state index in [-0.39, 0.29) is 0 Å². The van der Waals surface area contributed by atoms with Crippen LogP contribution in [0, 0.1) is 6.92 Å². The molecule has 0 aromatic heterocycles. The van der Waals surface area contributed by atoms with Gasteiger partial charge in [0.25, 0.3) is 0 Å². The van der Waals surface area contributed by atoms with Gasteiger partial charge >= 0.3 is 0 Å².